The quantitative estimate of drug-likeness (QED) is 0.567. The highest BCUT2D eigenvalue weighted by atomic mass is 32.2. The van der Waals surface area contributed by atoms with Gasteiger partial charge >= 0.3 is 0 Å². The monoisotopic (exact) mass is 268 g/mol. The van der Waals surface area contributed by atoms with Crippen LogP contribution in [0.25, 0.3) is 0 Å². The number of rotatable bonds is 0. The van der Waals surface area contributed by atoms with Gasteiger partial charge in [-0.2, -0.15) is 11.8 Å². The molecule has 0 bridgehead atoms. The topological polar surface area (TPSA) is 17.1 Å². The summed E-state index contributed by atoms with van der Waals surface area (Å²) in [5, 5.41) is 1.86. The summed E-state index contributed by atoms with van der Waals surface area (Å²) in [6.45, 7) is 0. The van der Waals surface area contributed by atoms with Crippen molar-refractivity contribution >= 4 is 17.5 Å². The Balaban J connectivity index is 1.65. The van der Waals surface area contributed by atoms with Crippen LogP contribution in [0, 0.1) is 0 Å². The minimum absolute atomic E-state index is 0.518. The summed E-state index contributed by atoms with van der Waals surface area (Å²) < 4.78 is 0. The van der Waals surface area contributed by atoms with E-state index in [1.165, 1.54) is 57.8 Å². The van der Waals surface area contributed by atoms with Gasteiger partial charge in [-0.25, -0.2) is 0 Å². The van der Waals surface area contributed by atoms with Gasteiger partial charge in [0.2, 0.25) is 0 Å². The Hall–Kier alpha value is 0.0200. The normalized spacial score (nSPS) is 32.8. The van der Waals surface area contributed by atoms with Crippen LogP contribution in [-0.4, -0.2) is 16.3 Å². The predicted octanol–water partition coefficient (Wildman–Crippen LogP) is 5.12. The molecule has 104 valence electrons. The summed E-state index contributed by atoms with van der Waals surface area (Å²) >= 11 is 2.17. The van der Waals surface area contributed by atoms with Gasteiger partial charge in [-0.15, -0.1) is 0 Å². The van der Waals surface area contributed by atoms with E-state index < -0.39 is 0 Å². The predicted molar refractivity (Wildman–Crippen MR) is 80.2 cm³/mol. The number of thioether (sulfide) groups is 1. The van der Waals surface area contributed by atoms with Crippen LogP contribution >= 0.6 is 11.8 Å². The number of ketones is 1. The molecule has 2 fully saturated rings. The smallest absolute Gasteiger partial charge is 0.132 e. The maximum atomic E-state index is 11.7. The maximum absolute atomic E-state index is 11.7. The second kappa shape index (κ2) is 8.24. The van der Waals surface area contributed by atoms with E-state index >= 15 is 0 Å². The van der Waals surface area contributed by atoms with Crippen molar-refractivity contribution < 1.29 is 4.79 Å². The van der Waals surface area contributed by atoms with Gasteiger partial charge in [0.1, 0.15) is 5.78 Å². The molecule has 2 heteroatoms. The highest BCUT2D eigenvalue weighted by molar-refractivity contribution is 8.07. The lowest BCUT2D eigenvalue weighted by Gasteiger charge is -2.04. The molecule has 0 radical (unpaired) electrons. The molecule has 0 N–H and O–H groups in total. The van der Waals surface area contributed by atoms with Gasteiger partial charge in [0, 0.05) is 23.3 Å². The Morgan fingerprint density at radius 1 is 0.667 bits per heavy atom. The molecule has 1 nitrogen and oxygen atoms in total. The first-order valence-electron chi connectivity index (χ1n) is 8.03. The fourth-order valence-electron chi connectivity index (χ4n) is 3.04. The van der Waals surface area contributed by atoms with E-state index in [2.05, 4.69) is 11.8 Å². The highest BCUT2D eigenvalue weighted by Crippen LogP contribution is 2.47. The zero-order chi connectivity index (χ0) is 12.6. The van der Waals surface area contributed by atoms with E-state index in [4.69, 9.17) is 0 Å². The van der Waals surface area contributed by atoms with Gasteiger partial charge in [0.05, 0.1) is 0 Å². The lowest BCUT2D eigenvalue weighted by Crippen LogP contribution is -2.00. The fourth-order valence-corrected chi connectivity index (χ4v) is 4.28. The van der Waals surface area contributed by atoms with Crippen LogP contribution in [0.4, 0.5) is 0 Å². The Bertz CT molecular complexity index is 251. The van der Waals surface area contributed by atoms with Gasteiger partial charge in [0.15, 0.2) is 0 Å². The number of hydrogen-bond acceptors (Lipinski definition) is 2. The third kappa shape index (κ3) is 5.77. The Kier molecular flexibility index (Phi) is 6.61. The molecule has 0 spiro atoms. The van der Waals surface area contributed by atoms with Crippen LogP contribution in [0.15, 0.2) is 0 Å². The van der Waals surface area contributed by atoms with Crippen molar-refractivity contribution in [3.63, 3.8) is 0 Å². The van der Waals surface area contributed by atoms with E-state index in [1.807, 2.05) is 0 Å². The minimum atomic E-state index is 0.518. The molecule has 1 aliphatic carbocycles. The van der Waals surface area contributed by atoms with Crippen molar-refractivity contribution in [2.75, 3.05) is 0 Å². The van der Waals surface area contributed by atoms with E-state index in [0.29, 0.717) is 5.78 Å². The number of fused-ring (bicyclic) bond motifs is 1. The van der Waals surface area contributed by atoms with Gasteiger partial charge in [0.25, 0.3) is 0 Å². The lowest BCUT2D eigenvalue weighted by molar-refractivity contribution is -0.119. The SMILES string of the molecule is O=C1CCCCCCCCCCC2SC2CCC1. The van der Waals surface area contributed by atoms with Crippen LogP contribution in [0.3, 0.4) is 0 Å². The summed E-state index contributed by atoms with van der Waals surface area (Å²) in [7, 11) is 0. The zero-order valence-corrected chi connectivity index (χ0v) is 12.5. The molecule has 2 unspecified atom stereocenters. The van der Waals surface area contributed by atoms with E-state index in [0.717, 1.165) is 36.2 Å². The molecular weight excluding hydrogens is 240 g/mol. The van der Waals surface area contributed by atoms with Crippen molar-refractivity contribution in [3.8, 4) is 0 Å². The first kappa shape index (κ1) is 14.4. The number of Topliss-reactive ketones (excluding diaryl/α,β-unsaturated/α-hetero) is 1. The molecule has 18 heavy (non-hydrogen) atoms. The van der Waals surface area contributed by atoms with E-state index in [9.17, 15) is 4.79 Å². The van der Waals surface area contributed by atoms with Crippen LogP contribution in [0.1, 0.15) is 83.5 Å². The molecule has 1 saturated heterocycles. The molecule has 2 atom stereocenters. The van der Waals surface area contributed by atoms with Crippen molar-refractivity contribution in [2.24, 2.45) is 0 Å². The number of carbonyl (C=O) groups is 1. The Labute approximate surface area is 116 Å². The molecule has 1 aliphatic heterocycles. The second-order valence-corrected chi connectivity index (χ2v) is 7.49. The molecule has 2 aliphatic rings. The third-order valence-corrected chi connectivity index (χ3v) is 5.84. The maximum Gasteiger partial charge on any atom is 0.132 e. The van der Waals surface area contributed by atoms with Crippen molar-refractivity contribution in [3.05, 3.63) is 0 Å². The molecule has 0 aromatic heterocycles. The molecule has 1 saturated carbocycles. The van der Waals surface area contributed by atoms with Gasteiger partial charge in [-0.3, -0.25) is 4.79 Å². The second-order valence-electron chi connectivity index (χ2n) is 6.01. The highest BCUT2D eigenvalue weighted by Gasteiger charge is 2.36. The number of carbonyl (C=O) groups excluding carboxylic acids is 1. The van der Waals surface area contributed by atoms with Crippen molar-refractivity contribution in [1.29, 1.82) is 0 Å². The fraction of sp³-hybridized carbons (Fsp3) is 0.938. The van der Waals surface area contributed by atoms with Gasteiger partial charge < -0.3 is 0 Å². The Morgan fingerprint density at radius 2 is 1.17 bits per heavy atom. The summed E-state index contributed by atoms with van der Waals surface area (Å²) in [5.41, 5.74) is 0. The van der Waals surface area contributed by atoms with Crippen molar-refractivity contribution in [2.45, 2.75) is 94.0 Å². The molecule has 1 heterocycles. The van der Waals surface area contributed by atoms with Crippen LogP contribution in [0.5, 0.6) is 0 Å². The van der Waals surface area contributed by atoms with Crippen molar-refractivity contribution in [1.82, 2.24) is 0 Å². The van der Waals surface area contributed by atoms with Crippen LogP contribution < -0.4 is 0 Å². The van der Waals surface area contributed by atoms with E-state index in [-0.39, 0.29) is 0 Å². The van der Waals surface area contributed by atoms with Crippen LogP contribution in [0.2, 0.25) is 0 Å². The first-order chi connectivity index (χ1) is 8.86. The summed E-state index contributed by atoms with van der Waals surface area (Å²) in [5.74, 6) is 0.518. The largest absolute Gasteiger partial charge is 0.300 e. The number of hydrogen-bond donors (Lipinski definition) is 0. The average molecular weight is 268 g/mol. The summed E-state index contributed by atoms with van der Waals surface area (Å²) in [6, 6.07) is 0. The standard InChI is InChI=1S/C16H28OS/c17-14-10-7-5-3-1-2-4-6-8-12-15-16(18-15)13-9-11-14/h15-16H,1-13H2. The summed E-state index contributed by atoms with van der Waals surface area (Å²) in [4.78, 5) is 11.7. The minimum Gasteiger partial charge on any atom is -0.300 e. The average Bonchev–Trinajstić information content (AvgIpc) is 3.09. The molecular formula is C16H28OS. The van der Waals surface area contributed by atoms with Gasteiger partial charge in [-0.05, 0) is 25.7 Å². The third-order valence-electron chi connectivity index (χ3n) is 4.33. The Morgan fingerprint density at radius 3 is 1.89 bits per heavy atom. The van der Waals surface area contributed by atoms with Gasteiger partial charge in [-0.1, -0.05) is 44.9 Å². The molecule has 0 amide bonds. The summed E-state index contributed by atoms with van der Waals surface area (Å²) in [6.07, 6.45) is 16.4. The van der Waals surface area contributed by atoms with Crippen LogP contribution in [-0.2, 0) is 4.79 Å². The molecule has 0 aromatic carbocycles. The molecule has 0 aromatic rings. The first-order valence-corrected chi connectivity index (χ1v) is 8.98. The van der Waals surface area contributed by atoms with E-state index in [1.54, 1.807) is 0 Å². The molecule has 2 rings (SSSR count). The lowest BCUT2D eigenvalue weighted by atomic mass is 10.0. The zero-order valence-electron chi connectivity index (χ0n) is 11.7.